The van der Waals surface area contributed by atoms with Crippen LogP contribution in [0, 0.1) is 0 Å². The van der Waals surface area contributed by atoms with Crippen LogP contribution >= 0.6 is 11.3 Å². The van der Waals surface area contributed by atoms with Crippen molar-refractivity contribution in [1.82, 2.24) is 25.4 Å². The second-order valence-electron chi connectivity index (χ2n) is 6.59. The van der Waals surface area contributed by atoms with Gasteiger partial charge in [0.1, 0.15) is 11.6 Å². The summed E-state index contributed by atoms with van der Waals surface area (Å²) in [5.41, 5.74) is 0. The highest BCUT2D eigenvalue weighted by molar-refractivity contribution is 7.11. The van der Waals surface area contributed by atoms with Crippen LogP contribution in [0.25, 0.3) is 0 Å². The Bertz CT molecular complexity index is 717. The Morgan fingerprint density at radius 3 is 2.85 bits per heavy atom. The number of rotatable bonds is 7. The Balaban J connectivity index is 1.53. The number of aliphatic imine (C=N–C) groups is 1. The third kappa shape index (κ3) is 5.06. The van der Waals surface area contributed by atoms with Gasteiger partial charge in [0.2, 0.25) is 0 Å². The first-order valence-electron chi connectivity index (χ1n) is 9.80. The molecule has 6 nitrogen and oxygen atoms in total. The predicted molar refractivity (Wildman–Crippen MR) is 108 cm³/mol. The van der Waals surface area contributed by atoms with Gasteiger partial charge in [-0.05, 0) is 38.3 Å². The molecule has 0 aliphatic carbocycles. The van der Waals surface area contributed by atoms with E-state index in [0.717, 1.165) is 63.0 Å². The number of guanidine groups is 1. The van der Waals surface area contributed by atoms with E-state index in [2.05, 4.69) is 51.4 Å². The number of thiophene rings is 1. The van der Waals surface area contributed by atoms with E-state index in [-0.39, 0.29) is 0 Å². The molecule has 0 saturated heterocycles. The van der Waals surface area contributed by atoms with Crippen molar-refractivity contribution in [3.63, 3.8) is 0 Å². The van der Waals surface area contributed by atoms with Gasteiger partial charge in [-0.3, -0.25) is 0 Å². The van der Waals surface area contributed by atoms with Gasteiger partial charge in [0.15, 0.2) is 5.96 Å². The molecule has 142 valence electrons. The van der Waals surface area contributed by atoms with Crippen molar-refractivity contribution in [3.8, 4) is 0 Å². The fourth-order valence-corrected chi connectivity index (χ4v) is 4.10. The molecule has 0 radical (unpaired) electrons. The number of hydrogen-bond donors (Lipinski definition) is 2. The highest BCUT2D eigenvalue weighted by Crippen LogP contribution is 2.17. The fourth-order valence-electron chi connectivity index (χ4n) is 3.22. The van der Waals surface area contributed by atoms with Crippen LogP contribution in [-0.4, -0.2) is 33.8 Å². The minimum atomic E-state index is 0.723. The summed E-state index contributed by atoms with van der Waals surface area (Å²) in [6.07, 6.45) is 6.78. The van der Waals surface area contributed by atoms with E-state index in [1.165, 1.54) is 29.0 Å². The first-order valence-corrected chi connectivity index (χ1v) is 10.6. The highest BCUT2D eigenvalue weighted by atomic mass is 32.1. The molecule has 1 aliphatic rings. The molecular weight excluding hydrogens is 344 g/mol. The quantitative estimate of drug-likeness (QED) is 0.578. The molecule has 0 bridgehead atoms. The highest BCUT2D eigenvalue weighted by Gasteiger charge is 2.14. The Hall–Kier alpha value is -1.89. The molecule has 0 amide bonds. The first-order chi connectivity index (χ1) is 12.8. The SMILES string of the molecule is CCNC(=NCc1ccc(CC)s1)NCCc1nnc2n1CCCCC2. The maximum atomic E-state index is 4.71. The zero-order chi connectivity index (χ0) is 18.2. The smallest absolute Gasteiger partial charge is 0.191 e. The van der Waals surface area contributed by atoms with E-state index < -0.39 is 0 Å². The van der Waals surface area contributed by atoms with Crippen molar-refractivity contribution in [3.05, 3.63) is 33.5 Å². The lowest BCUT2D eigenvalue weighted by Gasteiger charge is -2.11. The zero-order valence-electron chi connectivity index (χ0n) is 15.9. The van der Waals surface area contributed by atoms with Gasteiger partial charge in [0.05, 0.1) is 6.54 Å². The van der Waals surface area contributed by atoms with Crippen LogP contribution in [0.3, 0.4) is 0 Å². The van der Waals surface area contributed by atoms with Crippen molar-refractivity contribution in [2.24, 2.45) is 4.99 Å². The van der Waals surface area contributed by atoms with E-state index in [1.54, 1.807) is 0 Å². The van der Waals surface area contributed by atoms with Gasteiger partial charge < -0.3 is 15.2 Å². The molecule has 7 heteroatoms. The molecule has 0 spiro atoms. The van der Waals surface area contributed by atoms with Crippen LogP contribution < -0.4 is 10.6 Å². The molecule has 0 aromatic carbocycles. The molecule has 3 heterocycles. The maximum absolute atomic E-state index is 4.71. The standard InChI is InChI=1S/C19H30N6S/c1-3-15-9-10-16(26-15)14-22-19(20-4-2)21-12-11-18-24-23-17-8-6-5-7-13-25(17)18/h9-10H,3-8,11-14H2,1-2H3,(H2,20,21,22). The molecule has 2 aromatic heterocycles. The van der Waals surface area contributed by atoms with Crippen molar-refractivity contribution in [1.29, 1.82) is 0 Å². The lowest BCUT2D eigenvalue weighted by Crippen LogP contribution is -2.38. The van der Waals surface area contributed by atoms with Crippen molar-refractivity contribution in [2.45, 2.75) is 65.5 Å². The number of aromatic nitrogens is 3. The Labute approximate surface area is 160 Å². The van der Waals surface area contributed by atoms with Crippen molar-refractivity contribution >= 4 is 17.3 Å². The molecule has 0 fully saturated rings. The van der Waals surface area contributed by atoms with Crippen LogP contribution in [0.5, 0.6) is 0 Å². The summed E-state index contributed by atoms with van der Waals surface area (Å²) in [6, 6.07) is 4.38. The van der Waals surface area contributed by atoms with Crippen LogP contribution in [0.2, 0.25) is 0 Å². The number of fused-ring (bicyclic) bond motifs is 1. The monoisotopic (exact) mass is 374 g/mol. The average molecular weight is 375 g/mol. The molecule has 0 saturated carbocycles. The molecule has 0 unspecified atom stereocenters. The minimum Gasteiger partial charge on any atom is -0.357 e. The zero-order valence-corrected chi connectivity index (χ0v) is 16.7. The third-order valence-corrected chi connectivity index (χ3v) is 5.84. The molecule has 3 rings (SSSR count). The van der Waals surface area contributed by atoms with Gasteiger partial charge >= 0.3 is 0 Å². The van der Waals surface area contributed by atoms with Crippen molar-refractivity contribution in [2.75, 3.05) is 13.1 Å². The minimum absolute atomic E-state index is 0.723. The molecule has 2 aromatic rings. The summed E-state index contributed by atoms with van der Waals surface area (Å²) >= 11 is 1.85. The van der Waals surface area contributed by atoms with Gasteiger partial charge in [0, 0.05) is 42.2 Å². The summed E-state index contributed by atoms with van der Waals surface area (Å²) in [7, 11) is 0. The predicted octanol–water partition coefficient (Wildman–Crippen LogP) is 2.93. The van der Waals surface area contributed by atoms with Crippen LogP contribution in [0.1, 0.15) is 54.5 Å². The summed E-state index contributed by atoms with van der Waals surface area (Å²) in [4.78, 5) is 7.44. The normalized spacial score (nSPS) is 14.8. The summed E-state index contributed by atoms with van der Waals surface area (Å²) < 4.78 is 2.32. The van der Waals surface area contributed by atoms with Gasteiger partial charge in [-0.25, -0.2) is 4.99 Å². The molecular formula is C19H30N6S. The molecule has 1 aliphatic heterocycles. The number of nitrogens with one attached hydrogen (secondary N) is 2. The van der Waals surface area contributed by atoms with Crippen LogP contribution in [-0.2, 0) is 32.4 Å². The van der Waals surface area contributed by atoms with Gasteiger partial charge in [-0.2, -0.15) is 0 Å². The van der Waals surface area contributed by atoms with Gasteiger partial charge in [-0.1, -0.05) is 13.3 Å². The Morgan fingerprint density at radius 1 is 1.15 bits per heavy atom. The van der Waals surface area contributed by atoms with Crippen LogP contribution in [0.15, 0.2) is 17.1 Å². The molecule has 2 N–H and O–H groups in total. The average Bonchev–Trinajstić information content (AvgIpc) is 3.20. The number of nitrogens with zero attached hydrogens (tertiary/aromatic N) is 4. The van der Waals surface area contributed by atoms with Crippen molar-refractivity contribution < 1.29 is 0 Å². The number of hydrogen-bond acceptors (Lipinski definition) is 4. The van der Waals surface area contributed by atoms with Gasteiger partial charge in [-0.15, -0.1) is 21.5 Å². The van der Waals surface area contributed by atoms with Crippen LogP contribution in [0.4, 0.5) is 0 Å². The van der Waals surface area contributed by atoms with Gasteiger partial charge in [0.25, 0.3) is 0 Å². The maximum Gasteiger partial charge on any atom is 0.191 e. The summed E-state index contributed by atoms with van der Waals surface area (Å²) in [5.74, 6) is 3.12. The largest absolute Gasteiger partial charge is 0.357 e. The lowest BCUT2D eigenvalue weighted by atomic mass is 10.2. The first kappa shape index (κ1) is 18.9. The lowest BCUT2D eigenvalue weighted by molar-refractivity contribution is 0.600. The molecule has 0 atom stereocenters. The van der Waals surface area contributed by atoms with E-state index in [0.29, 0.717) is 0 Å². The van der Waals surface area contributed by atoms with E-state index in [1.807, 2.05) is 11.3 Å². The Morgan fingerprint density at radius 2 is 2.04 bits per heavy atom. The second kappa shape index (κ2) is 9.71. The fraction of sp³-hybridized carbons (Fsp3) is 0.632. The summed E-state index contributed by atoms with van der Waals surface area (Å²) in [5, 5.41) is 15.5. The molecule has 26 heavy (non-hydrogen) atoms. The Kier molecular flexibility index (Phi) is 7.05. The topological polar surface area (TPSA) is 67.1 Å². The third-order valence-electron chi connectivity index (χ3n) is 4.63. The van der Waals surface area contributed by atoms with E-state index in [9.17, 15) is 0 Å². The summed E-state index contributed by atoms with van der Waals surface area (Å²) in [6.45, 7) is 7.74. The van der Waals surface area contributed by atoms with E-state index in [4.69, 9.17) is 4.99 Å². The van der Waals surface area contributed by atoms with E-state index >= 15 is 0 Å². The second-order valence-corrected chi connectivity index (χ2v) is 7.84. The number of aryl methyl sites for hydroxylation is 2.